The first-order valence-electron chi connectivity index (χ1n) is 7.34. The maximum Gasteiger partial charge on any atom is 0.253 e. The predicted octanol–water partition coefficient (Wildman–Crippen LogP) is 3.85. The van der Waals surface area contributed by atoms with Crippen LogP contribution in [-0.4, -0.2) is 23.9 Å². The van der Waals surface area contributed by atoms with Gasteiger partial charge in [0.1, 0.15) is 5.82 Å². The van der Waals surface area contributed by atoms with Crippen molar-refractivity contribution in [2.45, 2.75) is 18.8 Å². The van der Waals surface area contributed by atoms with Gasteiger partial charge in [-0.2, -0.15) is 0 Å². The quantitative estimate of drug-likeness (QED) is 0.820. The molecule has 108 valence electrons. The van der Waals surface area contributed by atoms with E-state index in [1.807, 2.05) is 23.1 Å². The lowest BCUT2D eigenvalue weighted by atomic mass is 9.90. The maximum absolute atomic E-state index is 13.0. The molecule has 21 heavy (non-hydrogen) atoms. The molecule has 2 nitrogen and oxygen atoms in total. The maximum atomic E-state index is 13.0. The van der Waals surface area contributed by atoms with Crippen molar-refractivity contribution in [3.63, 3.8) is 0 Å². The Morgan fingerprint density at radius 3 is 2.48 bits per heavy atom. The lowest BCUT2D eigenvalue weighted by molar-refractivity contribution is 0.0707. The monoisotopic (exact) mass is 283 g/mol. The number of carbonyl (C=O) groups excluding carboxylic acids is 1. The molecular weight excluding hydrogens is 265 g/mol. The largest absolute Gasteiger partial charge is 0.338 e. The summed E-state index contributed by atoms with van der Waals surface area (Å²) >= 11 is 0. The standard InChI is InChI=1S/C18H18FNO/c19-17-10-8-15(9-11-17)18(21)20-12-4-7-16(13-20)14-5-2-1-3-6-14/h1-3,5-6,8-11,16H,4,7,12-13H2/t16-/m0/s1. The third-order valence-electron chi connectivity index (χ3n) is 4.07. The van der Waals surface area contributed by atoms with Gasteiger partial charge in [-0.1, -0.05) is 30.3 Å². The van der Waals surface area contributed by atoms with E-state index >= 15 is 0 Å². The zero-order valence-electron chi connectivity index (χ0n) is 11.8. The Morgan fingerprint density at radius 1 is 1.05 bits per heavy atom. The Balaban J connectivity index is 1.74. The van der Waals surface area contributed by atoms with Crippen molar-refractivity contribution < 1.29 is 9.18 Å². The number of halogens is 1. The highest BCUT2D eigenvalue weighted by molar-refractivity contribution is 5.94. The minimum Gasteiger partial charge on any atom is -0.338 e. The van der Waals surface area contributed by atoms with E-state index < -0.39 is 0 Å². The Labute approximate surface area is 124 Å². The molecule has 1 aliphatic heterocycles. The second-order valence-corrected chi connectivity index (χ2v) is 5.51. The third kappa shape index (κ3) is 3.13. The molecule has 1 amide bonds. The SMILES string of the molecule is O=C(c1ccc(F)cc1)N1CCC[C@H](c2ccccc2)C1. The summed E-state index contributed by atoms with van der Waals surface area (Å²) < 4.78 is 13.0. The van der Waals surface area contributed by atoms with Crippen molar-refractivity contribution in [3.05, 3.63) is 71.5 Å². The first-order valence-corrected chi connectivity index (χ1v) is 7.34. The highest BCUT2D eigenvalue weighted by Crippen LogP contribution is 2.27. The van der Waals surface area contributed by atoms with E-state index in [9.17, 15) is 9.18 Å². The third-order valence-corrected chi connectivity index (χ3v) is 4.07. The Bertz CT molecular complexity index is 609. The summed E-state index contributed by atoms with van der Waals surface area (Å²) in [5.41, 5.74) is 1.85. The number of piperidine rings is 1. The minimum atomic E-state index is -0.313. The predicted molar refractivity (Wildman–Crippen MR) is 80.7 cm³/mol. The number of amides is 1. The molecule has 2 aromatic rings. The Kier molecular flexibility index (Phi) is 4.00. The van der Waals surface area contributed by atoms with Crippen LogP contribution in [0, 0.1) is 5.82 Å². The zero-order chi connectivity index (χ0) is 14.7. The topological polar surface area (TPSA) is 20.3 Å². The molecule has 3 rings (SSSR count). The van der Waals surface area contributed by atoms with E-state index in [1.165, 1.54) is 17.7 Å². The van der Waals surface area contributed by atoms with Crippen LogP contribution in [0.25, 0.3) is 0 Å². The second kappa shape index (κ2) is 6.08. The summed E-state index contributed by atoms with van der Waals surface area (Å²) in [6.45, 7) is 1.51. The average molecular weight is 283 g/mol. The Hall–Kier alpha value is -2.16. The van der Waals surface area contributed by atoms with E-state index in [2.05, 4.69) is 12.1 Å². The number of hydrogen-bond donors (Lipinski definition) is 0. The van der Waals surface area contributed by atoms with Crippen LogP contribution >= 0.6 is 0 Å². The van der Waals surface area contributed by atoms with Gasteiger partial charge in [0, 0.05) is 24.6 Å². The van der Waals surface area contributed by atoms with Crippen LogP contribution in [-0.2, 0) is 0 Å². The Morgan fingerprint density at radius 2 is 1.76 bits per heavy atom. The minimum absolute atomic E-state index is 0.00405. The fourth-order valence-electron chi connectivity index (χ4n) is 2.93. The lowest BCUT2D eigenvalue weighted by Crippen LogP contribution is -2.39. The van der Waals surface area contributed by atoms with Crippen molar-refractivity contribution in [1.82, 2.24) is 4.90 Å². The molecule has 2 aromatic carbocycles. The van der Waals surface area contributed by atoms with Crippen LogP contribution in [0.3, 0.4) is 0 Å². The molecule has 1 saturated heterocycles. The molecule has 1 fully saturated rings. The summed E-state index contributed by atoms with van der Waals surface area (Å²) in [5, 5.41) is 0. The molecule has 0 spiro atoms. The molecule has 0 unspecified atom stereocenters. The summed E-state index contributed by atoms with van der Waals surface area (Å²) in [6, 6.07) is 16.1. The van der Waals surface area contributed by atoms with Crippen molar-refractivity contribution in [2.24, 2.45) is 0 Å². The summed E-state index contributed by atoms with van der Waals surface area (Å²) in [6.07, 6.45) is 2.11. The normalized spacial score (nSPS) is 18.5. The van der Waals surface area contributed by atoms with Crippen LogP contribution in [0.15, 0.2) is 54.6 Å². The van der Waals surface area contributed by atoms with Crippen LogP contribution < -0.4 is 0 Å². The fourth-order valence-corrected chi connectivity index (χ4v) is 2.93. The van der Waals surface area contributed by atoms with Crippen molar-refractivity contribution in [1.29, 1.82) is 0 Å². The van der Waals surface area contributed by atoms with Gasteiger partial charge in [0.25, 0.3) is 5.91 Å². The molecule has 1 atom stereocenters. The summed E-state index contributed by atoms with van der Waals surface area (Å²) in [7, 11) is 0. The molecule has 0 aromatic heterocycles. The fraction of sp³-hybridized carbons (Fsp3) is 0.278. The van der Waals surface area contributed by atoms with Gasteiger partial charge in [0.05, 0.1) is 0 Å². The number of carbonyl (C=O) groups is 1. The van der Waals surface area contributed by atoms with Gasteiger partial charge in [-0.05, 0) is 42.7 Å². The van der Waals surface area contributed by atoms with Crippen molar-refractivity contribution >= 4 is 5.91 Å². The van der Waals surface area contributed by atoms with Gasteiger partial charge in [-0.15, -0.1) is 0 Å². The van der Waals surface area contributed by atoms with E-state index in [-0.39, 0.29) is 11.7 Å². The van der Waals surface area contributed by atoms with E-state index in [4.69, 9.17) is 0 Å². The van der Waals surface area contributed by atoms with Crippen molar-refractivity contribution in [2.75, 3.05) is 13.1 Å². The van der Waals surface area contributed by atoms with E-state index in [0.29, 0.717) is 11.5 Å². The highest BCUT2D eigenvalue weighted by Gasteiger charge is 2.25. The number of hydrogen-bond acceptors (Lipinski definition) is 1. The number of likely N-dealkylation sites (tertiary alicyclic amines) is 1. The van der Waals surface area contributed by atoms with Crippen LogP contribution in [0.2, 0.25) is 0 Å². The van der Waals surface area contributed by atoms with E-state index in [1.54, 1.807) is 12.1 Å². The molecule has 1 heterocycles. The molecule has 3 heteroatoms. The van der Waals surface area contributed by atoms with Crippen LogP contribution in [0.1, 0.15) is 34.7 Å². The van der Waals surface area contributed by atoms with Gasteiger partial charge in [-0.25, -0.2) is 4.39 Å². The molecular formula is C18H18FNO. The molecule has 0 saturated carbocycles. The number of nitrogens with zero attached hydrogens (tertiary/aromatic N) is 1. The highest BCUT2D eigenvalue weighted by atomic mass is 19.1. The number of benzene rings is 2. The molecule has 1 aliphatic rings. The first kappa shape index (κ1) is 13.8. The van der Waals surface area contributed by atoms with Gasteiger partial charge in [0.2, 0.25) is 0 Å². The van der Waals surface area contributed by atoms with Gasteiger partial charge < -0.3 is 4.90 Å². The molecule has 0 aliphatic carbocycles. The zero-order valence-corrected chi connectivity index (χ0v) is 11.8. The van der Waals surface area contributed by atoms with Gasteiger partial charge >= 0.3 is 0 Å². The smallest absolute Gasteiger partial charge is 0.253 e. The summed E-state index contributed by atoms with van der Waals surface area (Å²) in [4.78, 5) is 14.4. The van der Waals surface area contributed by atoms with Gasteiger partial charge in [0.15, 0.2) is 0 Å². The second-order valence-electron chi connectivity index (χ2n) is 5.51. The van der Waals surface area contributed by atoms with E-state index in [0.717, 1.165) is 25.9 Å². The average Bonchev–Trinajstić information content (AvgIpc) is 2.56. The molecule has 0 radical (unpaired) electrons. The first-order chi connectivity index (χ1) is 10.2. The molecule has 0 bridgehead atoms. The van der Waals surface area contributed by atoms with Crippen LogP contribution in [0.4, 0.5) is 4.39 Å². The summed E-state index contributed by atoms with van der Waals surface area (Å²) in [5.74, 6) is 0.0762. The molecule has 0 N–H and O–H groups in total. The van der Waals surface area contributed by atoms with Gasteiger partial charge in [-0.3, -0.25) is 4.79 Å². The number of rotatable bonds is 2. The van der Waals surface area contributed by atoms with Crippen molar-refractivity contribution in [3.8, 4) is 0 Å². The van der Waals surface area contributed by atoms with Crippen LogP contribution in [0.5, 0.6) is 0 Å². The lowest BCUT2D eigenvalue weighted by Gasteiger charge is -2.33.